The molecule has 25 heavy (non-hydrogen) atoms. The zero-order valence-electron chi connectivity index (χ0n) is 15.1. The third-order valence-electron chi connectivity index (χ3n) is 5.03. The molecule has 0 saturated carbocycles. The fraction of sp³-hybridized carbons (Fsp3) is 0.550. The van der Waals surface area contributed by atoms with Crippen molar-refractivity contribution in [2.75, 3.05) is 6.61 Å². The molecule has 0 radical (unpaired) electrons. The van der Waals surface area contributed by atoms with Crippen LogP contribution >= 0.6 is 11.3 Å². The minimum atomic E-state index is 0.712. The first-order chi connectivity index (χ1) is 12.3. The minimum Gasteiger partial charge on any atom is -0.477 e. The Labute approximate surface area is 152 Å². The second-order valence-corrected chi connectivity index (χ2v) is 7.81. The lowest BCUT2D eigenvalue weighted by Gasteiger charge is -2.08. The number of ether oxygens (including phenoxy) is 1. The molecule has 0 amide bonds. The second kappa shape index (κ2) is 7.24. The lowest BCUT2D eigenvalue weighted by molar-refractivity contribution is 0.302. The van der Waals surface area contributed by atoms with Crippen LogP contribution in [0.5, 0.6) is 5.88 Å². The van der Waals surface area contributed by atoms with E-state index >= 15 is 0 Å². The topological polar surface area (TPSA) is 47.9 Å². The Bertz CT molecular complexity index is 903. The molecular weight excluding hydrogens is 330 g/mol. The lowest BCUT2D eigenvalue weighted by atomic mass is 10.0. The van der Waals surface area contributed by atoms with Crippen LogP contribution in [0, 0.1) is 0 Å². The van der Waals surface area contributed by atoms with Crippen molar-refractivity contribution in [2.24, 2.45) is 0 Å². The predicted molar refractivity (Wildman–Crippen MR) is 104 cm³/mol. The molecule has 0 spiro atoms. The number of hydrogen-bond acceptors (Lipinski definition) is 5. The van der Waals surface area contributed by atoms with Crippen molar-refractivity contribution in [3.8, 4) is 5.88 Å². The van der Waals surface area contributed by atoms with Crippen molar-refractivity contribution in [3.05, 3.63) is 23.1 Å². The number of aryl methyl sites for hydroxylation is 2. The molecule has 1 aliphatic rings. The molecule has 4 rings (SSSR count). The third-order valence-corrected chi connectivity index (χ3v) is 6.09. The summed E-state index contributed by atoms with van der Waals surface area (Å²) in [5.41, 5.74) is 5.33. The van der Waals surface area contributed by atoms with Crippen LogP contribution in [0.4, 0.5) is 0 Å². The van der Waals surface area contributed by atoms with Gasteiger partial charge in [-0.05, 0) is 49.7 Å². The van der Waals surface area contributed by atoms with E-state index in [0.29, 0.717) is 6.61 Å². The molecule has 3 aromatic rings. The average molecular weight is 356 g/mol. The van der Waals surface area contributed by atoms with E-state index in [2.05, 4.69) is 23.8 Å². The van der Waals surface area contributed by atoms with E-state index in [1.54, 1.807) is 17.7 Å². The highest BCUT2D eigenvalue weighted by molar-refractivity contribution is 7.25. The quantitative estimate of drug-likeness (QED) is 0.543. The fourth-order valence-electron chi connectivity index (χ4n) is 3.72. The van der Waals surface area contributed by atoms with Gasteiger partial charge in [0.25, 0.3) is 0 Å². The summed E-state index contributed by atoms with van der Waals surface area (Å²) in [6.45, 7) is 5.13. The molecule has 3 aromatic heterocycles. The summed E-state index contributed by atoms with van der Waals surface area (Å²) < 4.78 is 6.99. The highest BCUT2D eigenvalue weighted by Gasteiger charge is 2.24. The van der Waals surface area contributed by atoms with Gasteiger partial charge in [-0.15, -0.1) is 11.3 Å². The number of fused-ring (bicyclic) bond motifs is 5. The van der Waals surface area contributed by atoms with Gasteiger partial charge in [0.2, 0.25) is 5.88 Å². The standard InChI is InChI=1S/C20H25N3OS/c1-3-5-10-15-13-8-7-9-14(13)16-17-18(25-20(16)23-15)19(22-12-21-17)24-11-6-4-2/h12H,3-11H2,1-2H3. The molecule has 0 fully saturated rings. The Kier molecular flexibility index (Phi) is 4.84. The zero-order chi connectivity index (χ0) is 17.2. The first-order valence-corrected chi connectivity index (χ1v) is 10.4. The van der Waals surface area contributed by atoms with Crippen molar-refractivity contribution in [1.29, 1.82) is 0 Å². The maximum Gasteiger partial charge on any atom is 0.234 e. The van der Waals surface area contributed by atoms with Gasteiger partial charge in [-0.25, -0.2) is 15.0 Å². The normalized spacial score (nSPS) is 13.7. The van der Waals surface area contributed by atoms with Gasteiger partial charge in [-0.3, -0.25) is 0 Å². The Balaban J connectivity index is 1.86. The summed E-state index contributed by atoms with van der Waals surface area (Å²) in [4.78, 5) is 15.2. The number of pyridine rings is 1. The molecule has 0 N–H and O–H groups in total. The van der Waals surface area contributed by atoms with Crippen molar-refractivity contribution in [2.45, 2.75) is 65.2 Å². The van der Waals surface area contributed by atoms with Gasteiger partial charge < -0.3 is 4.74 Å². The van der Waals surface area contributed by atoms with Gasteiger partial charge in [0.1, 0.15) is 15.9 Å². The van der Waals surface area contributed by atoms with Crippen LogP contribution in [-0.2, 0) is 19.3 Å². The molecule has 132 valence electrons. The zero-order valence-corrected chi connectivity index (χ0v) is 15.9. The lowest BCUT2D eigenvalue weighted by Crippen LogP contribution is -1.99. The summed E-state index contributed by atoms with van der Waals surface area (Å²) in [5, 5.41) is 1.26. The van der Waals surface area contributed by atoms with Gasteiger partial charge >= 0.3 is 0 Å². The molecule has 0 atom stereocenters. The van der Waals surface area contributed by atoms with Crippen LogP contribution in [0.15, 0.2) is 6.33 Å². The van der Waals surface area contributed by atoms with E-state index in [0.717, 1.165) is 46.6 Å². The van der Waals surface area contributed by atoms with Gasteiger partial charge in [0, 0.05) is 11.1 Å². The van der Waals surface area contributed by atoms with Gasteiger partial charge in [0.05, 0.1) is 12.1 Å². The van der Waals surface area contributed by atoms with E-state index in [9.17, 15) is 0 Å². The maximum atomic E-state index is 5.94. The van der Waals surface area contributed by atoms with E-state index in [1.165, 1.54) is 47.9 Å². The number of nitrogens with zero attached hydrogens (tertiary/aromatic N) is 3. The maximum absolute atomic E-state index is 5.94. The summed E-state index contributed by atoms with van der Waals surface area (Å²) in [6.07, 6.45) is 10.9. The number of unbranched alkanes of at least 4 members (excludes halogenated alkanes) is 2. The van der Waals surface area contributed by atoms with Gasteiger partial charge in [-0.2, -0.15) is 0 Å². The second-order valence-electron chi connectivity index (χ2n) is 6.81. The number of thiophene rings is 1. The minimum absolute atomic E-state index is 0.712. The molecule has 1 aliphatic carbocycles. The highest BCUT2D eigenvalue weighted by Crippen LogP contribution is 2.41. The smallest absolute Gasteiger partial charge is 0.234 e. The van der Waals surface area contributed by atoms with E-state index < -0.39 is 0 Å². The predicted octanol–water partition coefficient (Wildman–Crippen LogP) is 5.25. The number of aromatic nitrogens is 3. The summed E-state index contributed by atoms with van der Waals surface area (Å²) in [6, 6.07) is 0. The Morgan fingerprint density at radius 3 is 2.76 bits per heavy atom. The summed E-state index contributed by atoms with van der Waals surface area (Å²) in [5.74, 6) is 0.725. The Hall–Kier alpha value is -1.75. The average Bonchev–Trinajstić information content (AvgIpc) is 3.24. The molecule has 0 saturated heterocycles. The molecule has 0 aliphatic heterocycles. The van der Waals surface area contributed by atoms with Crippen LogP contribution in [0.1, 0.15) is 62.8 Å². The van der Waals surface area contributed by atoms with Crippen LogP contribution < -0.4 is 4.74 Å². The van der Waals surface area contributed by atoms with Gasteiger partial charge in [0.15, 0.2) is 0 Å². The third kappa shape index (κ3) is 2.99. The van der Waals surface area contributed by atoms with Crippen LogP contribution in [0.25, 0.3) is 20.4 Å². The molecule has 5 heteroatoms. The van der Waals surface area contributed by atoms with Crippen molar-refractivity contribution >= 4 is 31.8 Å². The van der Waals surface area contributed by atoms with E-state index in [-0.39, 0.29) is 0 Å². The van der Waals surface area contributed by atoms with Crippen molar-refractivity contribution < 1.29 is 4.74 Å². The van der Waals surface area contributed by atoms with E-state index in [4.69, 9.17) is 9.72 Å². The largest absolute Gasteiger partial charge is 0.477 e. The molecule has 0 bridgehead atoms. The fourth-order valence-corrected chi connectivity index (χ4v) is 4.84. The first-order valence-electron chi connectivity index (χ1n) is 9.54. The van der Waals surface area contributed by atoms with Crippen molar-refractivity contribution in [3.63, 3.8) is 0 Å². The number of hydrogen-bond donors (Lipinski definition) is 0. The van der Waals surface area contributed by atoms with Crippen LogP contribution in [-0.4, -0.2) is 21.6 Å². The van der Waals surface area contributed by atoms with E-state index in [1.807, 2.05) is 0 Å². The number of rotatable bonds is 7. The van der Waals surface area contributed by atoms with Crippen LogP contribution in [0.3, 0.4) is 0 Å². The molecule has 0 unspecified atom stereocenters. The molecule has 0 aromatic carbocycles. The highest BCUT2D eigenvalue weighted by atomic mass is 32.1. The Morgan fingerprint density at radius 1 is 1.08 bits per heavy atom. The van der Waals surface area contributed by atoms with Crippen molar-refractivity contribution in [1.82, 2.24) is 15.0 Å². The van der Waals surface area contributed by atoms with Crippen LogP contribution in [0.2, 0.25) is 0 Å². The molecular formula is C20H25N3OS. The first kappa shape index (κ1) is 16.7. The molecule has 4 nitrogen and oxygen atoms in total. The summed E-state index contributed by atoms with van der Waals surface area (Å²) in [7, 11) is 0. The monoisotopic (exact) mass is 355 g/mol. The van der Waals surface area contributed by atoms with Gasteiger partial charge in [-0.1, -0.05) is 26.7 Å². The summed E-state index contributed by atoms with van der Waals surface area (Å²) >= 11 is 1.70. The SMILES string of the molecule is CCCCOc1ncnc2c1sc1nc(CCCC)c3c(c12)CCC3. The molecule has 3 heterocycles. The Morgan fingerprint density at radius 2 is 1.92 bits per heavy atom.